The van der Waals surface area contributed by atoms with E-state index in [1.54, 1.807) is 0 Å². The Kier molecular flexibility index (Phi) is 4.36. The molecule has 94 valence electrons. The van der Waals surface area contributed by atoms with Crippen LogP contribution < -0.4 is 11.1 Å². The van der Waals surface area contributed by atoms with Crippen LogP contribution in [0.3, 0.4) is 0 Å². The largest absolute Gasteiger partial charge is 0.353 e. The second kappa shape index (κ2) is 5.17. The number of hydrogen-bond acceptors (Lipinski definition) is 2. The number of rotatable bonds is 4. The molecule has 0 heterocycles. The van der Waals surface area contributed by atoms with Crippen molar-refractivity contribution in [1.29, 1.82) is 0 Å². The number of nitrogens with two attached hydrogens (primary N) is 1. The van der Waals surface area contributed by atoms with Gasteiger partial charge in [-0.25, -0.2) is 0 Å². The number of amides is 1. The predicted octanol–water partition coefficient (Wildman–Crippen LogP) is 1.91. The van der Waals surface area contributed by atoms with Crippen molar-refractivity contribution in [3.05, 3.63) is 0 Å². The Balaban J connectivity index is 2.37. The summed E-state index contributed by atoms with van der Waals surface area (Å²) in [6.07, 6.45) is 3.11. The zero-order valence-electron chi connectivity index (χ0n) is 11.0. The first kappa shape index (κ1) is 13.5. The van der Waals surface area contributed by atoms with E-state index in [9.17, 15) is 4.79 Å². The quantitative estimate of drug-likeness (QED) is 0.769. The summed E-state index contributed by atoms with van der Waals surface area (Å²) in [6, 6.07) is 0.400. The van der Waals surface area contributed by atoms with Gasteiger partial charge in [-0.15, -0.1) is 0 Å². The van der Waals surface area contributed by atoms with E-state index in [1.165, 1.54) is 0 Å². The molecule has 1 rings (SSSR count). The van der Waals surface area contributed by atoms with Gasteiger partial charge < -0.3 is 11.1 Å². The first-order chi connectivity index (χ1) is 7.31. The molecule has 3 nitrogen and oxygen atoms in total. The molecule has 0 aromatic rings. The minimum Gasteiger partial charge on any atom is -0.353 e. The van der Waals surface area contributed by atoms with Gasteiger partial charge in [-0.3, -0.25) is 4.79 Å². The van der Waals surface area contributed by atoms with Crippen LogP contribution in [0.4, 0.5) is 0 Å². The summed E-state index contributed by atoms with van der Waals surface area (Å²) in [4.78, 5) is 12.0. The zero-order valence-corrected chi connectivity index (χ0v) is 11.0. The van der Waals surface area contributed by atoms with Gasteiger partial charge in [0.05, 0.1) is 5.92 Å². The fourth-order valence-corrected chi connectivity index (χ4v) is 2.36. The van der Waals surface area contributed by atoms with E-state index in [-0.39, 0.29) is 17.2 Å². The third-order valence-corrected chi connectivity index (χ3v) is 3.23. The third kappa shape index (κ3) is 4.12. The Labute approximate surface area is 99.2 Å². The molecule has 1 amide bonds. The number of hydrogen-bond donors (Lipinski definition) is 2. The maximum absolute atomic E-state index is 12.0. The second-order valence-corrected chi connectivity index (χ2v) is 6.48. The first-order valence-corrected chi connectivity index (χ1v) is 6.32. The van der Waals surface area contributed by atoms with E-state index in [0.717, 1.165) is 25.2 Å². The predicted molar refractivity (Wildman–Crippen MR) is 66.9 cm³/mol. The van der Waals surface area contributed by atoms with Crippen molar-refractivity contribution < 1.29 is 4.79 Å². The van der Waals surface area contributed by atoms with E-state index in [2.05, 4.69) is 33.0 Å². The molecule has 3 heteroatoms. The molecule has 0 radical (unpaired) electrons. The molecule has 0 aromatic carbocycles. The van der Waals surface area contributed by atoms with Gasteiger partial charge in [0.2, 0.25) is 5.91 Å². The number of carbonyl (C=O) groups is 1. The van der Waals surface area contributed by atoms with Gasteiger partial charge in [0.15, 0.2) is 0 Å². The van der Waals surface area contributed by atoms with Crippen molar-refractivity contribution in [2.75, 3.05) is 6.54 Å². The van der Waals surface area contributed by atoms with E-state index >= 15 is 0 Å². The van der Waals surface area contributed by atoms with E-state index in [4.69, 9.17) is 5.73 Å². The molecule has 1 fully saturated rings. The lowest BCUT2D eigenvalue weighted by molar-refractivity contribution is -0.127. The standard InChI is InChI=1S/C13H26N2O/c1-9-5-11(6-9)15-12(16)10(8-14)7-13(2,3)4/h9-11H,5-8,14H2,1-4H3,(H,15,16). The molecule has 1 unspecified atom stereocenters. The molecule has 1 saturated carbocycles. The highest BCUT2D eigenvalue weighted by Gasteiger charge is 2.30. The minimum atomic E-state index is -0.0316. The van der Waals surface area contributed by atoms with Crippen molar-refractivity contribution in [3.8, 4) is 0 Å². The van der Waals surface area contributed by atoms with Gasteiger partial charge in [-0.05, 0) is 30.6 Å². The van der Waals surface area contributed by atoms with Crippen LogP contribution in [-0.4, -0.2) is 18.5 Å². The molecule has 1 aliphatic rings. The lowest BCUT2D eigenvalue weighted by Gasteiger charge is -2.35. The molecule has 3 N–H and O–H groups in total. The van der Waals surface area contributed by atoms with Crippen molar-refractivity contribution in [3.63, 3.8) is 0 Å². The van der Waals surface area contributed by atoms with Crippen molar-refractivity contribution in [2.45, 2.75) is 53.0 Å². The van der Waals surface area contributed by atoms with Gasteiger partial charge in [0, 0.05) is 12.6 Å². The number of carbonyl (C=O) groups excluding carboxylic acids is 1. The fourth-order valence-electron chi connectivity index (χ4n) is 2.36. The van der Waals surface area contributed by atoms with Gasteiger partial charge in [0.1, 0.15) is 0 Å². The summed E-state index contributed by atoms with van der Waals surface area (Å²) < 4.78 is 0. The van der Waals surface area contributed by atoms with Crippen LogP contribution in [0.5, 0.6) is 0 Å². The molecule has 1 aliphatic carbocycles. The van der Waals surface area contributed by atoms with Gasteiger partial charge >= 0.3 is 0 Å². The molecular formula is C13H26N2O. The lowest BCUT2D eigenvalue weighted by atomic mass is 9.80. The first-order valence-electron chi connectivity index (χ1n) is 6.32. The summed E-state index contributed by atoms with van der Waals surface area (Å²) in [5.74, 6) is 0.884. The smallest absolute Gasteiger partial charge is 0.224 e. The summed E-state index contributed by atoms with van der Waals surface area (Å²) >= 11 is 0. The van der Waals surface area contributed by atoms with E-state index in [0.29, 0.717) is 12.6 Å². The molecular weight excluding hydrogens is 200 g/mol. The van der Waals surface area contributed by atoms with E-state index < -0.39 is 0 Å². The maximum atomic E-state index is 12.0. The fraction of sp³-hybridized carbons (Fsp3) is 0.923. The lowest BCUT2D eigenvalue weighted by Crippen LogP contribution is -2.47. The van der Waals surface area contributed by atoms with Crippen LogP contribution in [0.25, 0.3) is 0 Å². The highest BCUT2D eigenvalue weighted by molar-refractivity contribution is 5.79. The Hall–Kier alpha value is -0.570. The van der Waals surface area contributed by atoms with E-state index in [1.807, 2.05) is 0 Å². The van der Waals surface area contributed by atoms with Crippen molar-refractivity contribution in [2.24, 2.45) is 23.0 Å². The number of nitrogens with one attached hydrogen (secondary N) is 1. The van der Waals surface area contributed by atoms with Crippen LogP contribution in [0, 0.1) is 17.3 Å². The van der Waals surface area contributed by atoms with Crippen LogP contribution in [0.1, 0.15) is 47.0 Å². The molecule has 0 aromatic heterocycles. The monoisotopic (exact) mass is 226 g/mol. The molecule has 0 spiro atoms. The topological polar surface area (TPSA) is 55.1 Å². The van der Waals surface area contributed by atoms with Gasteiger partial charge in [0.25, 0.3) is 0 Å². The Morgan fingerprint density at radius 1 is 1.44 bits per heavy atom. The van der Waals surface area contributed by atoms with Crippen LogP contribution in [-0.2, 0) is 4.79 Å². The average Bonchev–Trinajstić information content (AvgIpc) is 2.10. The van der Waals surface area contributed by atoms with Crippen LogP contribution >= 0.6 is 0 Å². The Morgan fingerprint density at radius 3 is 2.38 bits per heavy atom. The highest BCUT2D eigenvalue weighted by atomic mass is 16.2. The molecule has 0 aliphatic heterocycles. The summed E-state index contributed by atoms with van der Waals surface area (Å²) in [7, 11) is 0. The van der Waals surface area contributed by atoms with Crippen LogP contribution in [0.2, 0.25) is 0 Å². The summed E-state index contributed by atoms with van der Waals surface area (Å²) in [5.41, 5.74) is 5.84. The minimum absolute atomic E-state index is 0.0316. The van der Waals surface area contributed by atoms with Crippen molar-refractivity contribution >= 4 is 5.91 Å². The normalized spacial score (nSPS) is 27.1. The van der Waals surface area contributed by atoms with Crippen molar-refractivity contribution in [1.82, 2.24) is 5.32 Å². The Bertz CT molecular complexity index is 239. The maximum Gasteiger partial charge on any atom is 0.224 e. The highest BCUT2D eigenvalue weighted by Crippen LogP contribution is 2.28. The zero-order chi connectivity index (χ0) is 12.3. The summed E-state index contributed by atoms with van der Waals surface area (Å²) in [6.45, 7) is 9.11. The van der Waals surface area contributed by atoms with Gasteiger partial charge in [-0.2, -0.15) is 0 Å². The summed E-state index contributed by atoms with van der Waals surface area (Å²) in [5, 5.41) is 3.10. The SMILES string of the molecule is CC1CC(NC(=O)C(CN)CC(C)(C)C)C1. The molecule has 0 saturated heterocycles. The third-order valence-electron chi connectivity index (χ3n) is 3.23. The van der Waals surface area contributed by atoms with Gasteiger partial charge in [-0.1, -0.05) is 27.7 Å². The molecule has 0 bridgehead atoms. The van der Waals surface area contributed by atoms with Crippen LogP contribution in [0.15, 0.2) is 0 Å². The Morgan fingerprint density at radius 2 is 2.00 bits per heavy atom. The molecule has 16 heavy (non-hydrogen) atoms. The average molecular weight is 226 g/mol. The molecule has 1 atom stereocenters. The second-order valence-electron chi connectivity index (χ2n) is 6.48.